The molecule has 1 aromatic rings. The van der Waals surface area contributed by atoms with E-state index < -0.39 is 0 Å². The molecule has 1 aliphatic heterocycles. The number of aliphatic imine (C=N–C) groups is 1. The van der Waals surface area contributed by atoms with Gasteiger partial charge in [-0.2, -0.15) is 0 Å². The van der Waals surface area contributed by atoms with Crippen LogP contribution < -0.4 is 20.9 Å². The van der Waals surface area contributed by atoms with Crippen LogP contribution in [0.4, 0.5) is 5.69 Å². The van der Waals surface area contributed by atoms with Crippen LogP contribution in [0.25, 0.3) is 0 Å². The molecular weight excluding hydrogens is 318 g/mol. The van der Waals surface area contributed by atoms with E-state index in [1.54, 1.807) is 7.11 Å². The number of nitrogens with zero attached hydrogens (tertiary/aromatic N) is 2. The molecule has 1 aliphatic rings. The second-order valence-electron chi connectivity index (χ2n) is 5.91. The number of carbonyl (C=O) groups excluding carboxylic acids is 1. The van der Waals surface area contributed by atoms with Gasteiger partial charge in [0.1, 0.15) is 0 Å². The van der Waals surface area contributed by atoms with Crippen LogP contribution in [-0.2, 0) is 16.1 Å². The zero-order valence-electron chi connectivity index (χ0n) is 15.2. The number of benzene rings is 1. The summed E-state index contributed by atoms with van der Waals surface area (Å²) in [7, 11) is 1.71. The summed E-state index contributed by atoms with van der Waals surface area (Å²) in [5.74, 6) is 0.894. The molecule has 0 saturated carbocycles. The zero-order valence-corrected chi connectivity index (χ0v) is 15.2. The van der Waals surface area contributed by atoms with Crippen LogP contribution in [0.3, 0.4) is 0 Å². The predicted molar refractivity (Wildman–Crippen MR) is 101 cm³/mol. The molecule has 1 saturated heterocycles. The van der Waals surface area contributed by atoms with Crippen LogP contribution >= 0.6 is 0 Å². The molecular formula is C18H29N5O2. The molecule has 138 valence electrons. The number of rotatable bonds is 8. The Morgan fingerprint density at radius 1 is 1.32 bits per heavy atom. The van der Waals surface area contributed by atoms with E-state index in [0.717, 1.165) is 49.9 Å². The molecule has 0 aliphatic carbocycles. The summed E-state index contributed by atoms with van der Waals surface area (Å²) >= 11 is 0. The van der Waals surface area contributed by atoms with Crippen LogP contribution in [0.2, 0.25) is 0 Å². The Bertz CT molecular complexity index is 559. The zero-order chi connectivity index (χ0) is 17.9. The van der Waals surface area contributed by atoms with E-state index in [2.05, 4.69) is 57.0 Å². The standard InChI is InChI=1S/C18H29N5O2/c1-3-19-18(21-9-4-12-25-2)22-13-15-5-7-16(8-6-15)23-11-10-20-17(24)14-23/h5-8H,3-4,9-14H2,1-2H3,(H,20,24)(H2,19,21,22). The minimum Gasteiger partial charge on any atom is -0.385 e. The van der Waals surface area contributed by atoms with Crippen molar-refractivity contribution in [1.29, 1.82) is 0 Å². The van der Waals surface area contributed by atoms with Crippen LogP contribution in [-0.4, -0.2) is 58.3 Å². The lowest BCUT2D eigenvalue weighted by Gasteiger charge is -2.28. The maximum Gasteiger partial charge on any atom is 0.239 e. The van der Waals surface area contributed by atoms with Crippen LogP contribution in [0.5, 0.6) is 0 Å². The average molecular weight is 347 g/mol. The Morgan fingerprint density at radius 3 is 2.80 bits per heavy atom. The summed E-state index contributed by atoms with van der Waals surface area (Å²) in [5, 5.41) is 9.39. The van der Waals surface area contributed by atoms with E-state index in [1.807, 2.05) is 0 Å². The minimum atomic E-state index is 0.0785. The summed E-state index contributed by atoms with van der Waals surface area (Å²) in [6.07, 6.45) is 0.943. The van der Waals surface area contributed by atoms with Crippen molar-refractivity contribution >= 4 is 17.6 Å². The maximum atomic E-state index is 11.5. The summed E-state index contributed by atoms with van der Waals surface area (Å²) in [4.78, 5) is 18.2. The van der Waals surface area contributed by atoms with E-state index in [4.69, 9.17) is 4.74 Å². The Balaban J connectivity index is 1.88. The van der Waals surface area contributed by atoms with Gasteiger partial charge in [0, 0.05) is 45.6 Å². The molecule has 3 N–H and O–H groups in total. The maximum absolute atomic E-state index is 11.5. The quantitative estimate of drug-likeness (QED) is 0.367. The van der Waals surface area contributed by atoms with Crippen molar-refractivity contribution in [2.45, 2.75) is 19.9 Å². The third-order valence-electron chi connectivity index (χ3n) is 3.92. The number of nitrogens with one attached hydrogen (secondary N) is 3. The highest BCUT2D eigenvalue weighted by Gasteiger charge is 2.16. The van der Waals surface area contributed by atoms with Crippen molar-refractivity contribution in [3.05, 3.63) is 29.8 Å². The number of hydrogen-bond acceptors (Lipinski definition) is 4. The highest BCUT2D eigenvalue weighted by molar-refractivity contribution is 5.82. The van der Waals surface area contributed by atoms with Gasteiger partial charge >= 0.3 is 0 Å². The van der Waals surface area contributed by atoms with Crippen LogP contribution in [0.15, 0.2) is 29.3 Å². The van der Waals surface area contributed by atoms with Gasteiger partial charge in [-0.25, -0.2) is 4.99 Å². The van der Waals surface area contributed by atoms with Crippen molar-refractivity contribution in [1.82, 2.24) is 16.0 Å². The summed E-state index contributed by atoms with van der Waals surface area (Å²) in [6.45, 7) is 7.03. The molecule has 7 heteroatoms. The van der Waals surface area contributed by atoms with E-state index in [-0.39, 0.29) is 5.91 Å². The molecule has 1 amide bonds. The number of methoxy groups -OCH3 is 1. The fourth-order valence-corrected chi connectivity index (χ4v) is 2.61. The smallest absolute Gasteiger partial charge is 0.239 e. The number of amides is 1. The van der Waals surface area contributed by atoms with Gasteiger partial charge in [-0.1, -0.05) is 12.1 Å². The number of ether oxygens (including phenoxy) is 1. The molecule has 0 unspecified atom stereocenters. The summed E-state index contributed by atoms with van der Waals surface area (Å²) in [5.41, 5.74) is 2.21. The van der Waals surface area contributed by atoms with Gasteiger partial charge in [-0.15, -0.1) is 0 Å². The number of guanidine groups is 1. The Labute approximate surface area is 149 Å². The fourth-order valence-electron chi connectivity index (χ4n) is 2.61. The second kappa shape index (κ2) is 10.6. The first-order chi connectivity index (χ1) is 12.2. The topological polar surface area (TPSA) is 78.0 Å². The number of anilines is 1. The van der Waals surface area contributed by atoms with E-state index in [0.29, 0.717) is 19.6 Å². The lowest BCUT2D eigenvalue weighted by Crippen LogP contribution is -2.47. The number of hydrogen-bond donors (Lipinski definition) is 3. The first-order valence-electron chi connectivity index (χ1n) is 8.84. The Hall–Kier alpha value is -2.28. The molecule has 0 radical (unpaired) electrons. The molecule has 1 aromatic carbocycles. The molecule has 2 rings (SSSR count). The molecule has 0 bridgehead atoms. The number of carbonyl (C=O) groups is 1. The van der Waals surface area contributed by atoms with Gasteiger partial charge < -0.3 is 25.6 Å². The van der Waals surface area contributed by atoms with Gasteiger partial charge in [-0.3, -0.25) is 4.79 Å². The highest BCUT2D eigenvalue weighted by atomic mass is 16.5. The van der Waals surface area contributed by atoms with E-state index in [9.17, 15) is 4.79 Å². The van der Waals surface area contributed by atoms with Crippen molar-refractivity contribution in [3.8, 4) is 0 Å². The highest BCUT2D eigenvalue weighted by Crippen LogP contribution is 2.16. The van der Waals surface area contributed by atoms with Crippen molar-refractivity contribution in [2.24, 2.45) is 4.99 Å². The number of piperazine rings is 1. The molecule has 1 fully saturated rings. The lowest BCUT2D eigenvalue weighted by atomic mass is 10.2. The van der Waals surface area contributed by atoms with Gasteiger partial charge in [0.15, 0.2) is 5.96 Å². The summed E-state index contributed by atoms with van der Waals surface area (Å²) in [6, 6.07) is 8.25. The van der Waals surface area contributed by atoms with E-state index in [1.165, 1.54) is 0 Å². The summed E-state index contributed by atoms with van der Waals surface area (Å²) < 4.78 is 5.05. The molecule has 7 nitrogen and oxygen atoms in total. The average Bonchev–Trinajstić information content (AvgIpc) is 2.63. The van der Waals surface area contributed by atoms with Gasteiger partial charge in [0.25, 0.3) is 0 Å². The lowest BCUT2D eigenvalue weighted by molar-refractivity contribution is -0.120. The van der Waals surface area contributed by atoms with Crippen molar-refractivity contribution in [2.75, 3.05) is 51.3 Å². The minimum absolute atomic E-state index is 0.0785. The van der Waals surface area contributed by atoms with Crippen LogP contribution in [0.1, 0.15) is 18.9 Å². The predicted octanol–water partition coefficient (Wildman–Crippen LogP) is 0.714. The third kappa shape index (κ3) is 6.62. The first kappa shape index (κ1) is 19.1. The van der Waals surface area contributed by atoms with E-state index >= 15 is 0 Å². The second-order valence-corrected chi connectivity index (χ2v) is 5.91. The molecule has 0 atom stereocenters. The third-order valence-corrected chi connectivity index (χ3v) is 3.92. The van der Waals surface area contributed by atoms with Gasteiger partial charge in [0.05, 0.1) is 13.1 Å². The Kier molecular flexibility index (Phi) is 8.04. The van der Waals surface area contributed by atoms with Crippen LogP contribution in [0, 0.1) is 0 Å². The monoisotopic (exact) mass is 347 g/mol. The van der Waals surface area contributed by atoms with Gasteiger partial charge in [-0.05, 0) is 31.0 Å². The first-order valence-corrected chi connectivity index (χ1v) is 8.84. The van der Waals surface area contributed by atoms with Gasteiger partial charge in [0.2, 0.25) is 5.91 Å². The molecule has 0 aromatic heterocycles. The SMILES string of the molecule is CCNC(=NCc1ccc(N2CCNC(=O)C2)cc1)NCCCOC. The normalized spacial score (nSPS) is 15.0. The Morgan fingerprint density at radius 2 is 2.12 bits per heavy atom. The van der Waals surface area contributed by atoms with Crippen molar-refractivity contribution in [3.63, 3.8) is 0 Å². The molecule has 0 spiro atoms. The fraction of sp³-hybridized carbons (Fsp3) is 0.556. The largest absolute Gasteiger partial charge is 0.385 e. The molecule has 1 heterocycles. The van der Waals surface area contributed by atoms with Crippen molar-refractivity contribution < 1.29 is 9.53 Å². The molecule has 25 heavy (non-hydrogen) atoms.